The van der Waals surface area contributed by atoms with Crippen molar-refractivity contribution < 1.29 is 5.11 Å². The van der Waals surface area contributed by atoms with Crippen LogP contribution in [0.5, 0.6) is 5.75 Å². The summed E-state index contributed by atoms with van der Waals surface area (Å²) in [6.45, 7) is 5.58. The van der Waals surface area contributed by atoms with Crippen molar-refractivity contribution in [1.29, 1.82) is 0 Å². The van der Waals surface area contributed by atoms with Crippen molar-refractivity contribution in [3.63, 3.8) is 0 Å². The Bertz CT molecular complexity index is 1170. The quantitative estimate of drug-likeness (QED) is 0.424. The molecule has 0 saturated carbocycles. The highest BCUT2D eigenvalue weighted by molar-refractivity contribution is 7.22. The van der Waals surface area contributed by atoms with Crippen molar-refractivity contribution in [1.82, 2.24) is 20.2 Å². The van der Waals surface area contributed by atoms with E-state index in [0.29, 0.717) is 0 Å². The van der Waals surface area contributed by atoms with Crippen molar-refractivity contribution in [2.45, 2.75) is 6.42 Å². The summed E-state index contributed by atoms with van der Waals surface area (Å²) in [6, 6.07) is 18.0. The van der Waals surface area contributed by atoms with Gasteiger partial charge in [0, 0.05) is 49.4 Å². The molecule has 2 aromatic heterocycles. The number of aromatic hydroxyl groups is 1. The normalized spacial score (nSPS) is 14.7. The first-order valence-corrected chi connectivity index (χ1v) is 11.4. The van der Waals surface area contributed by atoms with Crippen molar-refractivity contribution in [3.05, 3.63) is 66.5 Å². The molecule has 1 aliphatic rings. The Labute approximate surface area is 185 Å². The van der Waals surface area contributed by atoms with E-state index in [4.69, 9.17) is 0 Å². The fraction of sp³-hybridized carbons (Fsp3) is 0.250. The van der Waals surface area contributed by atoms with Gasteiger partial charge in [-0.25, -0.2) is 9.97 Å². The largest absolute Gasteiger partial charge is 0.508 e. The molecule has 0 spiro atoms. The van der Waals surface area contributed by atoms with Crippen LogP contribution in [-0.4, -0.2) is 52.7 Å². The topological polar surface area (TPSA) is 73.3 Å². The lowest BCUT2D eigenvalue weighted by atomic mass is 10.1. The van der Waals surface area contributed by atoms with Gasteiger partial charge in [-0.15, -0.1) is 11.3 Å². The minimum atomic E-state index is 0.221. The molecule has 0 atom stereocenters. The van der Waals surface area contributed by atoms with E-state index < -0.39 is 0 Å². The highest BCUT2D eigenvalue weighted by Gasteiger charge is 2.12. The molecule has 4 aromatic rings. The van der Waals surface area contributed by atoms with Crippen LogP contribution in [0.4, 0.5) is 11.5 Å². The molecular weight excluding hydrogens is 406 g/mol. The first kappa shape index (κ1) is 19.9. The smallest absolute Gasteiger partial charge is 0.151 e. The molecule has 5 rings (SSSR count). The number of aromatic nitrogens is 2. The monoisotopic (exact) mass is 431 g/mol. The van der Waals surface area contributed by atoms with E-state index in [-0.39, 0.29) is 5.75 Å². The summed E-state index contributed by atoms with van der Waals surface area (Å²) >= 11 is 1.68. The molecule has 0 bridgehead atoms. The molecule has 1 fully saturated rings. The number of phenols is 1. The summed E-state index contributed by atoms with van der Waals surface area (Å²) in [5.41, 5.74) is 4.27. The highest BCUT2D eigenvalue weighted by Crippen LogP contribution is 2.36. The zero-order valence-corrected chi connectivity index (χ0v) is 18.0. The Morgan fingerprint density at radius 2 is 1.87 bits per heavy atom. The van der Waals surface area contributed by atoms with Gasteiger partial charge < -0.3 is 20.6 Å². The number of hydrogen-bond acceptors (Lipinski definition) is 7. The molecular formula is C24H25N5OS. The maximum atomic E-state index is 9.72. The van der Waals surface area contributed by atoms with Gasteiger partial charge in [0.25, 0.3) is 0 Å². The number of benzene rings is 2. The van der Waals surface area contributed by atoms with Gasteiger partial charge in [0.05, 0.1) is 10.2 Å². The zero-order valence-electron chi connectivity index (χ0n) is 17.2. The Kier molecular flexibility index (Phi) is 5.80. The second-order valence-corrected chi connectivity index (χ2v) is 8.81. The van der Waals surface area contributed by atoms with Gasteiger partial charge in [0.1, 0.15) is 12.1 Å². The predicted octanol–water partition coefficient (Wildman–Crippen LogP) is 4.26. The van der Waals surface area contributed by atoms with Crippen molar-refractivity contribution in [2.75, 3.05) is 38.0 Å². The van der Waals surface area contributed by atoms with E-state index in [1.807, 2.05) is 6.07 Å². The molecule has 1 aliphatic heterocycles. The standard InChI is InChI=1S/C24H25N5OS/c30-20-3-1-2-19(14-20)28-24-23-21(26-16-27-24)15-22(31-23)18-6-4-17(5-7-18)8-11-29-12-9-25-10-13-29/h1-7,14-16,25,30H,8-13H2,(H,26,27,28). The molecule has 3 N–H and O–H groups in total. The van der Waals surface area contributed by atoms with Gasteiger partial charge in [-0.2, -0.15) is 0 Å². The Morgan fingerprint density at radius 1 is 1.03 bits per heavy atom. The third-order valence-corrected chi connectivity index (χ3v) is 6.76. The first-order chi connectivity index (χ1) is 15.2. The predicted molar refractivity (Wildman–Crippen MR) is 127 cm³/mol. The molecule has 31 heavy (non-hydrogen) atoms. The molecule has 1 saturated heterocycles. The molecule has 0 aliphatic carbocycles. The van der Waals surface area contributed by atoms with Crippen LogP contribution in [0.2, 0.25) is 0 Å². The Balaban J connectivity index is 1.33. The summed E-state index contributed by atoms with van der Waals surface area (Å²) in [5, 5.41) is 16.4. The Hall–Kier alpha value is -3.00. The maximum absolute atomic E-state index is 9.72. The highest BCUT2D eigenvalue weighted by atomic mass is 32.1. The van der Waals surface area contributed by atoms with Gasteiger partial charge in [0.2, 0.25) is 0 Å². The molecule has 2 aromatic carbocycles. The molecule has 6 nitrogen and oxygen atoms in total. The van der Waals surface area contributed by atoms with E-state index >= 15 is 0 Å². The number of piperazine rings is 1. The minimum Gasteiger partial charge on any atom is -0.508 e. The van der Waals surface area contributed by atoms with Crippen LogP contribution >= 0.6 is 11.3 Å². The fourth-order valence-electron chi connectivity index (χ4n) is 3.86. The van der Waals surface area contributed by atoms with Crippen LogP contribution in [0.3, 0.4) is 0 Å². The summed E-state index contributed by atoms with van der Waals surface area (Å²) < 4.78 is 1.00. The van der Waals surface area contributed by atoms with Gasteiger partial charge in [0.15, 0.2) is 5.82 Å². The van der Waals surface area contributed by atoms with E-state index in [9.17, 15) is 5.11 Å². The fourth-order valence-corrected chi connectivity index (χ4v) is 4.92. The molecule has 0 amide bonds. The average Bonchev–Trinajstić information content (AvgIpc) is 3.24. The number of phenolic OH excluding ortho intramolecular Hbond substituents is 1. The summed E-state index contributed by atoms with van der Waals surface area (Å²) in [5.74, 6) is 0.971. The average molecular weight is 432 g/mol. The van der Waals surface area contributed by atoms with Crippen LogP contribution in [0, 0.1) is 0 Å². The van der Waals surface area contributed by atoms with Gasteiger partial charge >= 0.3 is 0 Å². The number of hydrogen-bond donors (Lipinski definition) is 3. The number of nitrogens with zero attached hydrogens (tertiary/aromatic N) is 3. The summed E-state index contributed by atoms with van der Waals surface area (Å²) in [4.78, 5) is 12.6. The molecule has 0 unspecified atom stereocenters. The minimum absolute atomic E-state index is 0.221. The van der Waals surface area contributed by atoms with E-state index in [2.05, 4.69) is 55.8 Å². The molecule has 7 heteroatoms. The van der Waals surface area contributed by atoms with E-state index in [0.717, 1.165) is 60.9 Å². The number of anilines is 2. The van der Waals surface area contributed by atoms with Crippen LogP contribution < -0.4 is 10.6 Å². The SMILES string of the molecule is Oc1cccc(Nc2ncnc3cc(-c4ccc(CCN5CCNCC5)cc4)sc23)c1. The lowest BCUT2D eigenvalue weighted by molar-refractivity contribution is 0.244. The zero-order chi connectivity index (χ0) is 21.0. The molecule has 158 valence electrons. The van der Waals surface area contributed by atoms with Crippen LogP contribution in [0.1, 0.15) is 5.56 Å². The third-order valence-electron chi connectivity index (χ3n) is 5.58. The maximum Gasteiger partial charge on any atom is 0.151 e. The van der Waals surface area contributed by atoms with Gasteiger partial charge in [-0.3, -0.25) is 0 Å². The van der Waals surface area contributed by atoms with Gasteiger partial charge in [-0.1, -0.05) is 30.3 Å². The van der Waals surface area contributed by atoms with Gasteiger partial charge in [-0.05, 0) is 35.7 Å². The second-order valence-electron chi connectivity index (χ2n) is 7.76. The number of rotatable bonds is 6. The van der Waals surface area contributed by atoms with Crippen LogP contribution in [-0.2, 0) is 6.42 Å². The van der Waals surface area contributed by atoms with E-state index in [1.165, 1.54) is 16.0 Å². The van der Waals surface area contributed by atoms with Crippen molar-refractivity contribution in [2.24, 2.45) is 0 Å². The molecule has 3 heterocycles. The summed E-state index contributed by atoms with van der Waals surface area (Å²) in [7, 11) is 0. The van der Waals surface area contributed by atoms with Crippen molar-refractivity contribution in [3.8, 4) is 16.2 Å². The summed E-state index contributed by atoms with van der Waals surface area (Å²) in [6.07, 6.45) is 2.65. The third kappa shape index (κ3) is 4.69. The second kappa shape index (κ2) is 9.01. The Morgan fingerprint density at radius 3 is 2.68 bits per heavy atom. The molecule has 0 radical (unpaired) electrons. The van der Waals surface area contributed by atoms with Crippen molar-refractivity contribution >= 4 is 33.1 Å². The van der Waals surface area contributed by atoms with Crippen LogP contribution in [0.25, 0.3) is 20.7 Å². The number of fused-ring (bicyclic) bond motifs is 1. The van der Waals surface area contributed by atoms with E-state index in [1.54, 1.807) is 35.9 Å². The number of thiophene rings is 1. The number of nitrogens with one attached hydrogen (secondary N) is 2. The lowest BCUT2D eigenvalue weighted by Gasteiger charge is -2.27. The van der Waals surface area contributed by atoms with Crippen LogP contribution in [0.15, 0.2) is 60.9 Å². The lowest BCUT2D eigenvalue weighted by Crippen LogP contribution is -2.44. The first-order valence-electron chi connectivity index (χ1n) is 10.6.